The van der Waals surface area contributed by atoms with Gasteiger partial charge in [0.05, 0.1) is 6.61 Å². The number of rotatable bonds is 5. The molecule has 112 valence electrons. The van der Waals surface area contributed by atoms with E-state index in [1.807, 2.05) is 6.08 Å². The van der Waals surface area contributed by atoms with Crippen LogP contribution in [-0.4, -0.2) is 20.8 Å². The molecule has 0 aliphatic rings. The first-order valence-electron chi connectivity index (χ1n) is 6.82. The number of hydrogen-bond acceptors (Lipinski definition) is 1. The third kappa shape index (κ3) is 4.72. The van der Waals surface area contributed by atoms with Gasteiger partial charge in [0, 0.05) is 5.88 Å². The zero-order valence-electron chi connectivity index (χ0n) is 13.0. The van der Waals surface area contributed by atoms with E-state index in [1.165, 1.54) is 12.1 Å². The Labute approximate surface area is 127 Å². The summed E-state index contributed by atoms with van der Waals surface area (Å²) in [5.41, 5.74) is 1.98. The van der Waals surface area contributed by atoms with Gasteiger partial charge in [-0.2, -0.15) is 0 Å². The fourth-order valence-corrected chi connectivity index (χ4v) is 2.63. The van der Waals surface area contributed by atoms with Crippen molar-refractivity contribution in [2.24, 2.45) is 0 Å². The first kappa shape index (κ1) is 17.4. The average molecular weight is 315 g/mol. The summed E-state index contributed by atoms with van der Waals surface area (Å²) in [6, 6.07) is 6.46. The fourth-order valence-electron chi connectivity index (χ4n) is 1.49. The molecule has 0 bridgehead atoms. The van der Waals surface area contributed by atoms with E-state index in [2.05, 4.69) is 33.9 Å². The summed E-state index contributed by atoms with van der Waals surface area (Å²) >= 11 is 5.82. The molecule has 0 unspecified atom stereocenters. The van der Waals surface area contributed by atoms with Crippen molar-refractivity contribution in [3.8, 4) is 0 Å². The summed E-state index contributed by atoms with van der Waals surface area (Å²) in [5.74, 6) is 0.192. The lowest BCUT2D eigenvalue weighted by atomic mass is 10.1. The predicted molar refractivity (Wildman–Crippen MR) is 88.2 cm³/mol. The van der Waals surface area contributed by atoms with E-state index in [0.29, 0.717) is 12.5 Å². The van der Waals surface area contributed by atoms with Crippen molar-refractivity contribution in [1.82, 2.24) is 0 Å². The van der Waals surface area contributed by atoms with Gasteiger partial charge < -0.3 is 4.43 Å². The van der Waals surface area contributed by atoms with Gasteiger partial charge in [-0.3, -0.25) is 0 Å². The average Bonchev–Trinajstić information content (AvgIpc) is 2.34. The Bertz CT molecular complexity index is 460. The van der Waals surface area contributed by atoms with Crippen LogP contribution in [0.3, 0.4) is 0 Å². The van der Waals surface area contributed by atoms with Crippen LogP contribution in [0.15, 0.2) is 30.3 Å². The van der Waals surface area contributed by atoms with Gasteiger partial charge in [0.2, 0.25) is 0 Å². The zero-order valence-corrected chi connectivity index (χ0v) is 14.7. The molecule has 0 aliphatic heterocycles. The fraction of sp³-hybridized carbons (Fsp3) is 0.500. The Hall–Kier alpha value is -0.643. The molecule has 0 heterocycles. The quantitative estimate of drug-likeness (QED) is 0.517. The maximum Gasteiger partial charge on any atom is 0.192 e. The number of halogens is 2. The van der Waals surface area contributed by atoms with Crippen LogP contribution in [0.4, 0.5) is 4.39 Å². The van der Waals surface area contributed by atoms with Crippen LogP contribution >= 0.6 is 11.6 Å². The highest BCUT2D eigenvalue weighted by Crippen LogP contribution is 2.37. The van der Waals surface area contributed by atoms with E-state index < -0.39 is 8.32 Å². The minimum Gasteiger partial charge on any atom is -0.413 e. The molecule has 0 aliphatic carbocycles. The minimum atomic E-state index is -1.80. The molecule has 0 atom stereocenters. The van der Waals surface area contributed by atoms with Crippen molar-refractivity contribution in [2.75, 3.05) is 12.5 Å². The molecule has 1 aromatic carbocycles. The molecule has 0 saturated heterocycles. The van der Waals surface area contributed by atoms with Gasteiger partial charge in [-0.05, 0) is 41.4 Å². The number of benzene rings is 1. The lowest BCUT2D eigenvalue weighted by Crippen LogP contribution is -2.41. The highest BCUT2D eigenvalue weighted by atomic mass is 35.5. The summed E-state index contributed by atoms with van der Waals surface area (Å²) < 4.78 is 19.2. The van der Waals surface area contributed by atoms with Crippen LogP contribution in [0.25, 0.3) is 5.57 Å². The van der Waals surface area contributed by atoms with E-state index >= 15 is 0 Å². The Balaban J connectivity index is 2.85. The molecule has 0 spiro atoms. The highest BCUT2D eigenvalue weighted by molar-refractivity contribution is 6.74. The standard InChI is InChI=1S/C16H24ClFOSi/c1-16(2,3)20(4,5)19-12-14(10-11-17)13-6-8-15(18)9-7-13/h6-10H,11-12H2,1-5H3/b14-10+. The summed E-state index contributed by atoms with van der Waals surface area (Å²) in [7, 11) is -1.80. The smallest absolute Gasteiger partial charge is 0.192 e. The van der Waals surface area contributed by atoms with Crippen molar-refractivity contribution < 1.29 is 8.82 Å². The van der Waals surface area contributed by atoms with E-state index in [4.69, 9.17) is 16.0 Å². The van der Waals surface area contributed by atoms with Gasteiger partial charge in [0.25, 0.3) is 0 Å². The Morgan fingerprint density at radius 2 is 1.80 bits per heavy atom. The predicted octanol–water partition coefficient (Wildman–Crippen LogP) is 5.47. The zero-order chi connectivity index (χ0) is 15.4. The van der Waals surface area contributed by atoms with Gasteiger partial charge in [0.15, 0.2) is 8.32 Å². The molecule has 0 radical (unpaired) electrons. The summed E-state index contributed by atoms with van der Waals surface area (Å²) in [6.07, 6.45) is 1.93. The molecule has 0 saturated carbocycles. The monoisotopic (exact) mass is 314 g/mol. The van der Waals surface area contributed by atoms with E-state index in [0.717, 1.165) is 11.1 Å². The van der Waals surface area contributed by atoms with Gasteiger partial charge in [-0.1, -0.05) is 39.0 Å². The molecule has 0 fully saturated rings. The second-order valence-corrected chi connectivity index (χ2v) is 11.6. The number of alkyl halides is 1. The highest BCUT2D eigenvalue weighted by Gasteiger charge is 2.37. The molecule has 1 rings (SSSR count). The van der Waals surface area contributed by atoms with Gasteiger partial charge in [-0.25, -0.2) is 4.39 Å². The SMILES string of the molecule is CC(C)(C)[Si](C)(C)OC/C(=C\CCl)c1ccc(F)cc1. The first-order valence-corrected chi connectivity index (χ1v) is 10.3. The van der Waals surface area contributed by atoms with Crippen LogP contribution in [0.1, 0.15) is 26.3 Å². The van der Waals surface area contributed by atoms with Crippen LogP contribution in [0, 0.1) is 5.82 Å². The largest absolute Gasteiger partial charge is 0.413 e. The van der Waals surface area contributed by atoms with Gasteiger partial charge in [-0.15, -0.1) is 11.6 Å². The second-order valence-electron chi connectivity index (χ2n) is 6.44. The van der Waals surface area contributed by atoms with Gasteiger partial charge in [0.1, 0.15) is 5.82 Å². The Kier molecular flexibility index (Phi) is 5.99. The summed E-state index contributed by atoms with van der Waals surface area (Å²) in [4.78, 5) is 0. The molecule has 1 aromatic rings. The normalized spacial score (nSPS) is 13.7. The molecule has 0 amide bonds. The van der Waals surface area contributed by atoms with E-state index in [9.17, 15) is 4.39 Å². The topological polar surface area (TPSA) is 9.23 Å². The number of hydrogen-bond donors (Lipinski definition) is 0. The number of allylic oxidation sites excluding steroid dienone is 1. The summed E-state index contributed by atoms with van der Waals surface area (Å²) in [6.45, 7) is 11.6. The van der Waals surface area contributed by atoms with E-state index in [-0.39, 0.29) is 10.9 Å². The lowest BCUT2D eigenvalue weighted by Gasteiger charge is -2.36. The lowest BCUT2D eigenvalue weighted by molar-refractivity contribution is 0.334. The van der Waals surface area contributed by atoms with Crippen LogP contribution in [0.5, 0.6) is 0 Å². The second kappa shape index (κ2) is 6.88. The van der Waals surface area contributed by atoms with Crippen LogP contribution in [-0.2, 0) is 4.43 Å². The third-order valence-electron chi connectivity index (χ3n) is 3.93. The van der Waals surface area contributed by atoms with Crippen molar-refractivity contribution in [2.45, 2.75) is 38.9 Å². The third-order valence-corrected chi connectivity index (χ3v) is 8.57. The van der Waals surface area contributed by atoms with Crippen molar-refractivity contribution >= 4 is 25.5 Å². The molecule has 0 N–H and O–H groups in total. The Morgan fingerprint density at radius 3 is 2.25 bits per heavy atom. The molecular weight excluding hydrogens is 291 g/mol. The first-order chi connectivity index (χ1) is 9.17. The maximum absolute atomic E-state index is 13.0. The van der Waals surface area contributed by atoms with Gasteiger partial charge >= 0.3 is 0 Å². The van der Waals surface area contributed by atoms with Crippen LogP contribution in [0.2, 0.25) is 18.1 Å². The molecule has 0 aromatic heterocycles. The summed E-state index contributed by atoms with van der Waals surface area (Å²) in [5, 5.41) is 0.169. The van der Waals surface area contributed by atoms with Crippen molar-refractivity contribution in [3.63, 3.8) is 0 Å². The molecule has 1 nitrogen and oxygen atoms in total. The van der Waals surface area contributed by atoms with Crippen molar-refractivity contribution in [1.29, 1.82) is 0 Å². The Morgan fingerprint density at radius 1 is 1.25 bits per heavy atom. The molecule has 4 heteroatoms. The minimum absolute atomic E-state index is 0.169. The van der Waals surface area contributed by atoms with Crippen molar-refractivity contribution in [3.05, 3.63) is 41.7 Å². The molecular formula is C16H24ClFOSi. The molecule has 20 heavy (non-hydrogen) atoms. The van der Waals surface area contributed by atoms with Crippen LogP contribution < -0.4 is 0 Å². The van der Waals surface area contributed by atoms with E-state index in [1.54, 1.807) is 12.1 Å². The maximum atomic E-state index is 13.0.